The number of hydrogen-bond acceptors (Lipinski definition) is 4. The topological polar surface area (TPSA) is 68.5 Å². The van der Waals surface area contributed by atoms with Gasteiger partial charge in [-0.2, -0.15) is 0 Å². The normalized spacial score (nSPS) is 35.6. The van der Waals surface area contributed by atoms with E-state index in [1.54, 1.807) is 18.4 Å². The van der Waals surface area contributed by atoms with Gasteiger partial charge in [0.1, 0.15) is 5.76 Å². The average Bonchev–Trinajstić information content (AvgIpc) is 3.01. The summed E-state index contributed by atoms with van der Waals surface area (Å²) in [7, 11) is 0. The van der Waals surface area contributed by atoms with E-state index in [1.165, 1.54) is 19.3 Å². The second-order valence-corrected chi connectivity index (χ2v) is 9.99. The summed E-state index contributed by atoms with van der Waals surface area (Å²) >= 11 is 3.96. The molecule has 4 fully saturated rings. The maximum Gasteiger partial charge on any atom is 0.306 e. The van der Waals surface area contributed by atoms with Crippen LogP contribution in [0.15, 0.2) is 22.8 Å². The van der Waals surface area contributed by atoms with E-state index in [0.717, 1.165) is 31.1 Å². The molecule has 6 heteroatoms. The second kappa shape index (κ2) is 6.45. The molecular formula is C19H24BrNO4. The highest BCUT2D eigenvalue weighted by molar-refractivity contribution is 9.10. The molecule has 0 spiro atoms. The molecule has 4 aliphatic rings. The summed E-state index contributed by atoms with van der Waals surface area (Å²) in [6.07, 6.45) is 9.15. The van der Waals surface area contributed by atoms with Gasteiger partial charge in [0, 0.05) is 4.32 Å². The molecule has 4 saturated carbocycles. The van der Waals surface area contributed by atoms with E-state index in [4.69, 9.17) is 9.15 Å². The van der Waals surface area contributed by atoms with Gasteiger partial charge in [0.25, 0.3) is 5.91 Å². The van der Waals surface area contributed by atoms with Crippen LogP contribution < -0.4 is 5.32 Å². The first-order chi connectivity index (χ1) is 11.9. The summed E-state index contributed by atoms with van der Waals surface area (Å²) in [5, 5.41) is 2.69. The highest BCUT2D eigenvalue weighted by Crippen LogP contribution is 2.65. The van der Waals surface area contributed by atoms with Crippen molar-refractivity contribution in [2.75, 3.05) is 6.61 Å². The number of amides is 1. The number of hydrogen-bond donors (Lipinski definition) is 1. The van der Waals surface area contributed by atoms with E-state index in [-0.39, 0.29) is 28.2 Å². The number of nitrogens with one attached hydrogen (secondary N) is 1. The standard InChI is InChI=1S/C19H24BrNO4/c20-19-7-13-4-14(8-19)6-18(5-13,12-19)9-17(23)25-11-16(22)21-10-15-2-1-3-24-15/h1-3,13-14H,4-12H2,(H,21,22)/t13-,14+,18?,19?. The summed E-state index contributed by atoms with van der Waals surface area (Å²) < 4.78 is 10.6. The Bertz CT molecular complexity index is 642. The van der Waals surface area contributed by atoms with E-state index in [0.29, 0.717) is 18.7 Å². The summed E-state index contributed by atoms with van der Waals surface area (Å²) in [6, 6.07) is 3.55. The van der Waals surface area contributed by atoms with E-state index in [9.17, 15) is 9.59 Å². The lowest BCUT2D eigenvalue weighted by Crippen LogP contribution is -2.53. The molecule has 4 bridgehead atoms. The van der Waals surface area contributed by atoms with Crippen LogP contribution in [0.2, 0.25) is 0 Å². The van der Waals surface area contributed by atoms with Crippen LogP contribution in [0.1, 0.15) is 50.7 Å². The fraction of sp³-hybridized carbons (Fsp3) is 0.684. The van der Waals surface area contributed by atoms with E-state index in [2.05, 4.69) is 21.2 Å². The predicted molar refractivity (Wildman–Crippen MR) is 94.9 cm³/mol. The number of furan rings is 1. The Kier molecular flexibility index (Phi) is 4.42. The Morgan fingerprint density at radius 1 is 1.28 bits per heavy atom. The number of ether oxygens (including phenoxy) is 1. The lowest BCUT2D eigenvalue weighted by atomic mass is 9.49. The third-order valence-corrected chi connectivity index (χ3v) is 6.96. The van der Waals surface area contributed by atoms with Crippen molar-refractivity contribution in [2.24, 2.45) is 17.3 Å². The molecule has 25 heavy (non-hydrogen) atoms. The zero-order valence-electron chi connectivity index (χ0n) is 14.3. The summed E-state index contributed by atoms with van der Waals surface area (Å²) in [4.78, 5) is 24.2. The fourth-order valence-electron chi connectivity index (χ4n) is 5.70. The molecule has 1 heterocycles. The molecule has 0 radical (unpaired) electrons. The molecule has 2 unspecified atom stereocenters. The number of alkyl halides is 1. The molecule has 4 aliphatic carbocycles. The first-order valence-electron chi connectivity index (χ1n) is 9.07. The van der Waals surface area contributed by atoms with Crippen LogP contribution in [0.5, 0.6) is 0 Å². The van der Waals surface area contributed by atoms with E-state index >= 15 is 0 Å². The molecule has 1 aromatic heterocycles. The van der Waals surface area contributed by atoms with Crippen molar-refractivity contribution in [3.8, 4) is 0 Å². The average molecular weight is 410 g/mol. The van der Waals surface area contributed by atoms with Gasteiger partial charge in [-0.1, -0.05) is 15.9 Å². The number of carbonyl (C=O) groups excluding carboxylic acids is 2. The first kappa shape index (κ1) is 17.1. The zero-order chi connectivity index (χ0) is 17.5. The third kappa shape index (κ3) is 3.78. The number of carbonyl (C=O) groups is 2. The maximum absolute atomic E-state index is 12.3. The SMILES string of the molecule is O=C(COC(=O)CC12C[C@@H]3C[C@@H](CC(Br)(C3)C1)C2)NCc1ccco1. The third-order valence-electron chi connectivity index (χ3n) is 6.03. The minimum atomic E-state index is -0.299. The van der Waals surface area contributed by atoms with Gasteiger partial charge in [0.05, 0.1) is 19.2 Å². The van der Waals surface area contributed by atoms with Crippen LogP contribution in [0.4, 0.5) is 0 Å². The molecular weight excluding hydrogens is 386 g/mol. The molecule has 0 aromatic carbocycles. The van der Waals surface area contributed by atoms with Crippen molar-refractivity contribution in [1.29, 1.82) is 0 Å². The summed E-state index contributed by atoms with van der Waals surface area (Å²) in [6.45, 7) is 0.0880. The molecule has 0 saturated heterocycles. The van der Waals surface area contributed by atoms with Gasteiger partial charge in [0.15, 0.2) is 6.61 Å². The molecule has 4 atom stereocenters. The van der Waals surface area contributed by atoms with Gasteiger partial charge >= 0.3 is 5.97 Å². The van der Waals surface area contributed by atoms with Crippen LogP contribution in [-0.2, 0) is 20.9 Å². The van der Waals surface area contributed by atoms with Crippen molar-refractivity contribution >= 4 is 27.8 Å². The summed E-state index contributed by atoms with van der Waals surface area (Å²) in [5.41, 5.74) is 0.0787. The van der Waals surface area contributed by atoms with Gasteiger partial charge < -0.3 is 14.5 Å². The Morgan fingerprint density at radius 2 is 2.04 bits per heavy atom. The molecule has 1 aromatic rings. The van der Waals surface area contributed by atoms with Crippen molar-refractivity contribution in [3.63, 3.8) is 0 Å². The first-order valence-corrected chi connectivity index (χ1v) is 9.87. The van der Waals surface area contributed by atoms with Gasteiger partial charge in [-0.3, -0.25) is 9.59 Å². The fourth-order valence-corrected chi connectivity index (χ4v) is 7.21. The van der Waals surface area contributed by atoms with Crippen LogP contribution >= 0.6 is 15.9 Å². The minimum Gasteiger partial charge on any atom is -0.467 e. The molecule has 5 rings (SSSR count). The Morgan fingerprint density at radius 3 is 2.68 bits per heavy atom. The molecule has 5 nitrogen and oxygen atoms in total. The van der Waals surface area contributed by atoms with Gasteiger partial charge in [-0.05, 0) is 67.9 Å². The van der Waals surface area contributed by atoms with Crippen LogP contribution in [-0.4, -0.2) is 22.8 Å². The van der Waals surface area contributed by atoms with Gasteiger partial charge in [0.2, 0.25) is 0 Å². The quantitative estimate of drug-likeness (QED) is 0.575. The van der Waals surface area contributed by atoms with Crippen LogP contribution in [0.3, 0.4) is 0 Å². The monoisotopic (exact) mass is 409 g/mol. The smallest absolute Gasteiger partial charge is 0.306 e. The van der Waals surface area contributed by atoms with Crippen molar-refractivity contribution in [2.45, 2.75) is 55.8 Å². The lowest BCUT2D eigenvalue weighted by Gasteiger charge is -2.60. The largest absolute Gasteiger partial charge is 0.467 e. The molecule has 136 valence electrons. The van der Waals surface area contributed by atoms with Crippen molar-refractivity contribution in [3.05, 3.63) is 24.2 Å². The number of rotatable bonds is 6. The van der Waals surface area contributed by atoms with E-state index < -0.39 is 0 Å². The number of esters is 1. The number of halogens is 1. The zero-order valence-corrected chi connectivity index (χ0v) is 15.8. The highest BCUT2D eigenvalue weighted by Gasteiger charge is 2.57. The van der Waals surface area contributed by atoms with Crippen molar-refractivity contribution in [1.82, 2.24) is 5.32 Å². The molecule has 1 N–H and O–H groups in total. The second-order valence-electron chi connectivity index (χ2n) is 8.31. The molecule has 0 aliphatic heterocycles. The maximum atomic E-state index is 12.3. The summed E-state index contributed by atoms with van der Waals surface area (Å²) in [5.74, 6) is 1.62. The van der Waals surface area contributed by atoms with Crippen molar-refractivity contribution < 1.29 is 18.7 Å². The Balaban J connectivity index is 1.26. The Hall–Kier alpha value is -1.30. The van der Waals surface area contributed by atoms with Crippen LogP contribution in [0.25, 0.3) is 0 Å². The Labute approximate surface area is 156 Å². The van der Waals surface area contributed by atoms with E-state index in [1.807, 2.05) is 0 Å². The van der Waals surface area contributed by atoms with Gasteiger partial charge in [-0.15, -0.1) is 0 Å². The lowest BCUT2D eigenvalue weighted by molar-refractivity contribution is -0.154. The molecule has 1 amide bonds. The van der Waals surface area contributed by atoms with Gasteiger partial charge in [-0.25, -0.2) is 0 Å². The predicted octanol–water partition coefficient (Wildman–Crippen LogP) is 3.56. The minimum absolute atomic E-state index is 0.0787. The van der Waals surface area contributed by atoms with Crippen LogP contribution in [0, 0.1) is 17.3 Å². The highest BCUT2D eigenvalue weighted by atomic mass is 79.9.